The molecular formula is C19H16F3N3O. The summed E-state index contributed by atoms with van der Waals surface area (Å²) in [5.41, 5.74) is 1.24. The van der Waals surface area contributed by atoms with E-state index in [-0.39, 0.29) is 16.8 Å². The molecule has 1 amide bonds. The Labute approximate surface area is 147 Å². The Morgan fingerprint density at radius 2 is 1.88 bits per heavy atom. The number of fused-ring (bicyclic) bond motifs is 2. The summed E-state index contributed by atoms with van der Waals surface area (Å²) in [5, 5.41) is 3.28. The molecule has 0 unspecified atom stereocenters. The molecule has 7 heteroatoms. The van der Waals surface area contributed by atoms with Gasteiger partial charge in [0.25, 0.3) is 5.91 Å². The Balaban J connectivity index is 1.91. The van der Waals surface area contributed by atoms with E-state index in [9.17, 15) is 18.0 Å². The number of halogens is 3. The van der Waals surface area contributed by atoms with E-state index in [0.29, 0.717) is 34.4 Å². The van der Waals surface area contributed by atoms with Crippen LogP contribution in [0.25, 0.3) is 22.2 Å². The lowest BCUT2D eigenvalue weighted by Crippen LogP contribution is -2.44. The molecule has 0 aliphatic carbocycles. The van der Waals surface area contributed by atoms with Gasteiger partial charge in [0.05, 0.1) is 28.0 Å². The number of benzene rings is 1. The Hall–Kier alpha value is -2.83. The summed E-state index contributed by atoms with van der Waals surface area (Å²) in [4.78, 5) is 19.4. The predicted octanol–water partition coefficient (Wildman–Crippen LogP) is 4.27. The first-order valence-corrected chi connectivity index (χ1v) is 8.16. The van der Waals surface area contributed by atoms with Crippen molar-refractivity contribution in [1.29, 1.82) is 0 Å². The number of aromatic amines is 1. The number of hydrogen-bond acceptors (Lipinski definition) is 2. The summed E-state index contributed by atoms with van der Waals surface area (Å²) in [6, 6.07) is 7.42. The zero-order chi connectivity index (χ0) is 18.7. The molecular weight excluding hydrogens is 343 g/mol. The van der Waals surface area contributed by atoms with E-state index in [1.807, 2.05) is 13.8 Å². The van der Waals surface area contributed by atoms with Gasteiger partial charge in [-0.25, -0.2) is 0 Å². The molecule has 3 aromatic rings. The first kappa shape index (κ1) is 16.6. The van der Waals surface area contributed by atoms with Crippen molar-refractivity contribution in [3.05, 3.63) is 53.3 Å². The van der Waals surface area contributed by atoms with Crippen molar-refractivity contribution in [2.75, 3.05) is 6.54 Å². The van der Waals surface area contributed by atoms with Crippen LogP contribution in [0.3, 0.4) is 0 Å². The van der Waals surface area contributed by atoms with E-state index in [1.165, 1.54) is 12.3 Å². The lowest BCUT2D eigenvalue weighted by molar-refractivity contribution is -0.136. The summed E-state index contributed by atoms with van der Waals surface area (Å²) in [7, 11) is 0. The minimum absolute atomic E-state index is 0.0338. The third-order valence-electron chi connectivity index (χ3n) is 4.77. The fourth-order valence-corrected chi connectivity index (χ4v) is 3.39. The lowest BCUT2D eigenvalue weighted by atomic mass is 9.82. The first-order chi connectivity index (χ1) is 12.2. The van der Waals surface area contributed by atoms with E-state index < -0.39 is 11.7 Å². The smallest absolute Gasteiger partial charge is 0.360 e. The maximum Gasteiger partial charge on any atom is 0.418 e. The number of carbonyl (C=O) groups is 1. The van der Waals surface area contributed by atoms with Crippen LogP contribution in [0.2, 0.25) is 0 Å². The minimum Gasteiger partial charge on any atom is -0.360 e. The molecule has 0 radical (unpaired) electrons. The van der Waals surface area contributed by atoms with Crippen LogP contribution < -0.4 is 5.32 Å². The molecule has 4 nitrogen and oxygen atoms in total. The van der Waals surface area contributed by atoms with Crippen molar-refractivity contribution in [2.24, 2.45) is 0 Å². The fourth-order valence-electron chi connectivity index (χ4n) is 3.39. The van der Waals surface area contributed by atoms with Crippen LogP contribution in [-0.4, -0.2) is 22.4 Å². The largest absolute Gasteiger partial charge is 0.418 e. The van der Waals surface area contributed by atoms with Crippen LogP contribution in [-0.2, 0) is 11.6 Å². The topological polar surface area (TPSA) is 57.8 Å². The molecule has 3 heterocycles. The third-order valence-corrected chi connectivity index (χ3v) is 4.77. The van der Waals surface area contributed by atoms with Crippen LogP contribution in [0.1, 0.15) is 35.5 Å². The zero-order valence-corrected chi connectivity index (χ0v) is 14.2. The second-order valence-corrected chi connectivity index (χ2v) is 7.09. The molecule has 0 atom stereocenters. The lowest BCUT2D eigenvalue weighted by Gasteiger charge is -2.31. The Morgan fingerprint density at radius 1 is 1.12 bits per heavy atom. The van der Waals surface area contributed by atoms with Crippen molar-refractivity contribution in [2.45, 2.75) is 25.4 Å². The molecule has 1 aromatic carbocycles. The van der Waals surface area contributed by atoms with Gasteiger partial charge >= 0.3 is 6.18 Å². The highest BCUT2D eigenvalue weighted by molar-refractivity contribution is 5.99. The normalized spacial score (nSPS) is 16.4. The highest BCUT2D eigenvalue weighted by Crippen LogP contribution is 2.38. The van der Waals surface area contributed by atoms with Gasteiger partial charge in [-0.15, -0.1) is 0 Å². The van der Waals surface area contributed by atoms with Gasteiger partial charge in [-0.05, 0) is 18.2 Å². The SMILES string of the molecule is CC1(C)CNC(=O)c2ccc(-c3c[nH]c4c(C(F)(F)F)cccc34)nc21. The molecule has 0 spiro atoms. The van der Waals surface area contributed by atoms with Crippen molar-refractivity contribution in [3.8, 4) is 11.3 Å². The zero-order valence-electron chi connectivity index (χ0n) is 14.2. The summed E-state index contributed by atoms with van der Waals surface area (Å²) < 4.78 is 39.7. The van der Waals surface area contributed by atoms with Crippen LogP contribution in [0.5, 0.6) is 0 Å². The van der Waals surface area contributed by atoms with Crippen LogP contribution in [0, 0.1) is 0 Å². The number of alkyl halides is 3. The highest BCUT2D eigenvalue weighted by atomic mass is 19.4. The van der Waals surface area contributed by atoms with Gasteiger partial charge < -0.3 is 10.3 Å². The maximum absolute atomic E-state index is 13.2. The quantitative estimate of drug-likeness (QED) is 0.682. The van der Waals surface area contributed by atoms with Gasteiger partial charge in [-0.2, -0.15) is 13.2 Å². The Kier molecular flexibility index (Phi) is 3.41. The Morgan fingerprint density at radius 3 is 2.62 bits per heavy atom. The average molecular weight is 359 g/mol. The fraction of sp³-hybridized carbons (Fsp3) is 0.263. The summed E-state index contributed by atoms with van der Waals surface area (Å²) >= 11 is 0. The summed E-state index contributed by atoms with van der Waals surface area (Å²) in [6.07, 6.45) is -2.91. The van der Waals surface area contributed by atoms with Crippen LogP contribution >= 0.6 is 0 Å². The molecule has 0 saturated carbocycles. The van der Waals surface area contributed by atoms with Gasteiger partial charge in [-0.3, -0.25) is 9.78 Å². The van der Waals surface area contributed by atoms with Crippen LogP contribution in [0.4, 0.5) is 13.2 Å². The van der Waals surface area contributed by atoms with Crippen LogP contribution in [0.15, 0.2) is 36.5 Å². The molecule has 0 bridgehead atoms. The molecule has 0 saturated heterocycles. The Bertz CT molecular complexity index is 1030. The number of nitrogens with one attached hydrogen (secondary N) is 2. The van der Waals surface area contributed by atoms with E-state index in [4.69, 9.17) is 0 Å². The highest BCUT2D eigenvalue weighted by Gasteiger charge is 2.35. The van der Waals surface area contributed by atoms with Gasteiger partial charge in [0.2, 0.25) is 0 Å². The second kappa shape index (κ2) is 5.33. The first-order valence-electron chi connectivity index (χ1n) is 8.16. The van der Waals surface area contributed by atoms with Crippen molar-refractivity contribution in [1.82, 2.24) is 15.3 Å². The number of nitrogens with zero attached hydrogens (tertiary/aromatic N) is 1. The summed E-state index contributed by atoms with van der Waals surface area (Å²) in [6.45, 7) is 4.40. The number of para-hydroxylation sites is 1. The van der Waals surface area contributed by atoms with Crippen molar-refractivity contribution in [3.63, 3.8) is 0 Å². The molecule has 2 aromatic heterocycles. The van der Waals surface area contributed by atoms with E-state index in [1.54, 1.807) is 18.2 Å². The van der Waals surface area contributed by atoms with Gasteiger partial charge in [0, 0.05) is 29.1 Å². The van der Waals surface area contributed by atoms with Crippen molar-refractivity contribution < 1.29 is 18.0 Å². The maximum atomic E-state index is 13.2. The van der Waals surface area contributed by atoms with E-state index in [2.05, 4.69) is 15.3 Å². The number of hydrogen-bond donors (Lipinski definition) is 2. The van der Waals surface area contributed by atoms with Gasteiger partial charge in [0.1, 0.15) is 0 Å². The molecule has 1 aliphatic rings. The molecule has 1 aliphatic heterocycles. The molecule has 26 heavy (non-hydrogen) atoms. The standard InChI is InChI=1S/C19H16F3N3O/c1-18(2)9-24-17(26)11-6-7-14(25-16(11)18)12-8-23-15-10(12)4-3-5-13(15)19(20,21)22/h3-8,23H,9H2,1-2H3,(H,24,26). The van der Waals surface area contributed by atoms with Gasteiger partial charge in [0.15, 0.2) is 0 Å². The van der Waals surface area contributed by atoms with E-state index in [0.717, 1.165) is 6.07 Å². The third kappa shape index (κ3) is 2.46. The number of pyridine rings is 1. The molecule has 134 valence electrons. The summed E-state index contributed by atoms with van der Waals surface area (Å²) in [5.74, 6) is -0.184. The number of aromatic nitrogens is 2. The number of H-pyrrole nitrogens is 1. The molecule has 0 fully saturated rings. The second-order valence-electron chi connectivity index (χ2n) is 7.09. The average Bonchev–Trinajstić information content (AvgIpc) is 3.01. The number of amides is 1. The van der Waals surface area contributed by atoms with E-state index >= 15 is 0 Å². The minimum atomic E-state index is -4.44. The number of rotatable bonds is 1. The van der Waals surface area contributed by atoms with Crippen molar-refractivity contribution >= 4 is 16.8 Å². The van der Waals surface area contributed by atoms with Gasteiger partial charge in [-0.1, -0.05) is 26.0 Å². The molecule has 2 N–H and O–H groups in total. The monoisotopic (exact) mass is 359 g/mol. The predicted molar refractivity (Wildman–Crippen MR) is 91.9 cm³/mol. The number of carbonyl (C=O) groups excluding carboxylic acids is 1. The molecule has 4 rings (SSSR count).